The van der Waals surface area contributed by atoms with Crippen LogP contribution < -0.4 is 0 Å². The van der Waals surface area contributed by atoms with Crippen LogP contribution in [-0.2, 0) is 0 Å². The van der Waals surface area contributed by atoms with Gasteiger partial charge >= 0.3 is 6.18 Å². The standard InChI is InChI=1S/C8H13F3N2/c1-6(2)13(3)5-7(4-12)8(9,10)11/h6-7H,5H2,1-3H3. The third-order valence-corrected chi connectivity index (χ3v) is 1.90. The maximum absolute atomic E-state index is 12.1. The molecule has 0 saturated heterocycles. The largest absolute Gasteiger partial charge is 0.405 e. The van der Waals surface area contributed by atoms with Gasteiger partial charge in [-0.2, -0.15) is 18.4 Å². The van der Waals surface area contributed by atoms with Crippen molar-refractivity contribution in [2.24, 2.45) is 5.92 Å². The van der Waals surface area contributed by atoms with Crippen LogP contribution in [0.3, 0.4) is 0 Å². The summed E-state index contributed by atoms with van der Waals surface area (Å²) < 4.78 is 36.3. The minimum Gasteiger partial charge on any atom is -0.302 e. The van der Waals surface area contributed by atoms with Crippen LogP contribution in [0.25, 0.3) is 0 Å². The van der Waals surface area contributed by atoms with Crippen molar-refractivity contribution in [1.82, 2.24) is 4.90 Å². The SMILES string of the molecule is CC(C)N(C)CC(C#N)C(F)(F)F. The topological polar surface area (TPSA) is 27.0 Å². The molecule has 0 aliphatic carbocycles. The molecule has 0 aromatic heterocycles. The highest BCUT2D eigenvalue weighted by molar-refractivity contribution is 4.90. The number of alkyl halides is 3. The highest BCUT2D eigenvalue weighted by Gasteiger charge is 2.40. The fourth-order valence-corrected chi connectivity index (χ4v) is 0.716. The lowest BCUT2D eigenvalue weighted by molar-refractivity contribution is -0.163. The Morgan fingerprint density at radius 1 is 1.38 bits per heavy atom. The average Bonchev–Trinajstić information content (AvgIpc) is 1.96. The molecule has 76 valence electrons. The Morgan fingerprint density at radius 3 is 2.08 bits per heavy atom. The minimum absolute atomic E-state index is 0.0122. The maximum atomic E-state index is 12.1. The fraction of sp³-hybridized carbons (Fsp3) is 0.875. The van der Waals surface area contributed by atoms with Gasteiger partial charge in [-0.25, -0.2) is 0 Å². The molecular formula is C8H13F3N2. The van der Waals surface area contributed by atoms with Crippen LogP contribution in [0, 0.1) is 17.2 Å². The van der Waals surface area contributed by atoms with Gasteiger partial charge in [-0.3, -0.25) is 0 Å². The second-order valence-electron chi connectivity index (χ2n) is 3.26. The van der Waals surface area contributed by atoms with Gasteiger partial charge < -0.3 is 4.90 Å². The van der Waals surface area contributed by atoms with Gasteiger partial charge in [0, 0.05) is 12.6 Å². The van der Waals surface area contributed by atoms with Crippen LogP contribution in [0.4, 0.5) is 13.2 Å². The molecule has 1 atom stereocenters. The third kappa shape index (κ3) is 4.13. The molecule has 13 heavy (non-hydrogen) atoms. The van der Waals surface area contributed by atoms with Gasteiger partial charge in [0.2, 0.25) is 0 Å². The lowest BCUT2D eigenvalue weighted by Crippen LogP contribution is -2.37. The molecule has 0 saturated carbocycles. The number of nitriles is 1. The minimum atomic E-state index is -4.42. The van der Waals surface area contributed by atoms with Gasteiger partial charge in [0.1, 0.15) is 0 Å². The summed E-state index contributed by atoms with van der Waals surface area (Å²) in [5.74, 6) is -1.89. The smallest absolute Gasteiger partial charge is 0.302 e. The van der Waals surface area contributed by atoms with Crippen LogP contribution in [0.1, 0.15) is 13.8 Å². The Kier molecular flexibility index (Phi) is 4.21. The number of halogens is 3. The van der Waals surface area contributed by atoms with Gasteiger partial charge in [0.05, 0.1) is 6.07 Å². The number of rotatable bonds is 3. The molecule has 0 aromatic rings. The lowest BCUT2D eigenvalue weighted by atomic mass is 10.1. The summed E-state index contributed by atoms with van der Waals surface area (Å²) in [6.45, 7) is 3.30. The summed E-state index contributed by atoms with van der Waals surface area (Å²) in [5, 5.41) is 8.30. The predicted octanol–water partition coefficient (Wildman–Crippen LogP) is 2.03. The van der Waals surface area contributed by atoms with E-state index in [-0.39, 0.29) is 12.6 Å². The third-order valence-electron chi connectivity index (χ3n) is 1.90. The maximum Gasteiger partial charge on any atom is 0.405 e. The van der Waals surface area contributed by atoms with E-state index in [2.05, 4.69) is 0 Å². The molecule has 2 nitrogen and oxygen atoms in total. The van der Waals surface area contributed by atoms with Gasteiger partial charge in [0.15, 0.2) is 5.92 Å². The first-order valence-electron chi connectivity index (χ1n) is 3.95. The van der Waals surface area contributed by atoms with Gasteiger partial charge in [-0.05, 0) is 20.9 Å². The van der Waals surface area contributed by atoms with Crippen LogP contribution >= 0.6 is 0 Å². The molecule has 0 heterocycles. The van der Waals surface area contributed by atoms with E-state index in [1.54, 1.807) is 20.9 Å². The monoisotopic (exact) mass is 194 g/mol. The van der Waals surface area contributed by atoms with Crippen molar-refractivity contribution in [3.05, 3.63) is 0 Å². The zero-order valence-electron chi connectivity index (χ0n) is 7.89. The van der Waals surface area contributed by atoms with E-state index in [1.807, 2.05) is 0 Å². The van der Waals surface area contributed by atoms with E-state index in [9.17, 15) is 13.2 Å². The lowest BCUT2D eigenvalue weighted by Gasteiger charge is -2.24. The Morgan fingerprint density at radius 2 is 1.85 bits per heavy atom. The van der Waals surface area contributed by atoms with Crippen molar-refractivity contribution in [3.63, 3.8) is 0 Å². The molecule has 0 amide bonds. The quantitative estimate of drug-likeness (QED) is 0.687. The second kappa shape index (κ2) is 4.47. The van der Waals surface area contributed by atoms with E-state index in [4.69, 9.17) is 5.26 Å². The molecule has 5 heteroatoms. The molecule has 0 fully saturated rings. The highest BCUT2D eigenvalue weighted by atomic mass is 19.4. The van der Waals surface area contributed by atoms with Crippen molar-refractivity contribution in [2.75, 3.05) is 13.6 Å². The van der Waals surface area contributed by atoms with Crippen molar-refractivity contribution in [1.29, 1.82) is 5.26 Å². The fourth-order valence-electron chi connectivity index (χ4n) is 0.716. The summed E-state index contributed by atoms with van der Waals surface area (Å²) >= 11 is 0. The Hall–Kier alpha value is -0.760. The molecule has 0 aliphatic rings. The van der Waals surface area contributed by atoms with E-state index in [1.165, 1.54) is 11.0 Å². The number of nitrogens with zero attached hydrogens (tertiary/aromatic N) is 2. The average molecular weight is 194 g/mol. The van der Waals surface area contributed by atoms with E-state index in [0.29, 0.717) is 0 Å². The summed E-state index contributed by atoms with van der Waals surface area (Å²) in [5.41, 5.74) is 0. The Balaban J connectivity index is 4.25. The van der Waals surface area contributed by atoms with Crippen LogP contribution in [0.5, 0.6) is 0 Å². The Labute approximate surface area is 75.9 Å². The molecule has 0 aromatic carbocycles. The Bertz CT molecular complexity index is 193. The number of hydrogen-bond donors (Lipinski definition) is 0. The van der Waals surface area contributed by atoms with Gasteiger partial charge in [-0.15, -0.1) is 0 Å². The van der Waals surface area contributed by atoms with Crippen LogP contribution in [-0.4, -0.2) is 30.7 Å². The molecular weight excluding hydrogens is 181 g/mol. The summed E-state index contributed by atoms with van der Waals surface area (Å²) in [6.07, 6.45) is -4.42. The van der Waals surface area contributed by atoms with E-state index in [0.717, 1.165) is 0 Å². The zero-order valence-corrected chi connectivity index (χ0v) is 7.89. The predicted molar refractivity (Wildman–Crippen MR) is 42.9 cm³/mol. The highest BCUT2D eigenvalue weighted by Crippen LogP contribution is 2.26. The van der Waals surface area contributed by atoms with Gasteiger partial charge in [-0.1, -0.05) is 0 Å². The van der Waals surface area contributed by atoms with Crippen molar-refractivity contribution in [3.8, 4) is 6.07 Å². The van der Waals surface area contributed by atoms with Crippen molar-refractivity contribution >= 4 is 0 Å². The summed E-state index contributed by atoms with van der Waals surface area (Å²) in [4.78, 5) is 1.50. The van der Waals surface area contributed by atoms with E-state index < -0.39 is 12.1 Å². The molecule has 0 bridgehead atoms. The van der Waals surface area contributed by atoms with Gasteiger partial charge in [0.25, 0.3) is 0 Å². The van der Waals surface area contributed by atoms with Crippen LogP contribution in [0.15, 0.2) is 0 Å². The first-order valence-corrected chi connectivity index (χ1v) is 3.95. The molecule has 0 N–H and O–H groups in total. The molecule has 1 unspecified atom stereocenters. The van der Waals surface area contributed by atoms with E-state index >= 15 is 0 Å². The number of hydrogen-bond acceptors (Lipinski definition) is 2. The summed E-state index contributed by atoms with van der Waals surface area (Å²) in [6, 6.07) is 1.27. The second-order valence-corrected chi connectivity index (χ2v) is 3.26. The molecule has 0 aliphatic heterocycles. The molecule has 0 radical (unpaired) electrons. The first kappa shape index (κ1) is 12.2. The van der Waals surface area contributed by atoms with Crippen molar-refractivity contribution in [2.45, 2.75) is 26.1 Å². The zero-order chi connectivity index (χ0) is 10.6. The molecule has 0 spiro atoms. The normalized spacial score (nSPS) is 14.7. The van der Waals surface area contributed by atoms with Crippen molar-refractivity contribution < 1.29 is 13.2 Å². The summed E-state index contributed by atoms with van der Waals surface area (Å²) in [7, 11) is 1.57. The molecule has 0 rings (SSSR count). The first-order chi connectivity index (χ1) is 5.79. The van der Waals surface area contributed by atoms with Crippen LogP contribution in [0.2, 0.25) is 0 Å².